The minimum atomic E-state index is 0.0577. The lowest BCUT2D eigenvalue weighted by molar-refractivity contribution is 0.464. The van der Waals surface area contributed by atoms with E-state index in [1.807, 2.05) is 36.0 Å². The second-order valence-electron chi connectivity index (χ2n) is 10.5. The van der Waals surface area contributed by atoms with Crippen LogP contribution in [0.5, 0.6) is 23.0 Å². The second-order valence-corrected chi connectivity index (χ2v) is 11.6. The van der Waals surface area contributed by atoms with Gasteiger partial charge < -0.3 is 14.4 Å². The van der Waals surface area contributed by atoms with Gasteiger partial charge in [-0.05, 0) is 82.7 Å². The molecule has 0 bridgehead atoms. The zero-order valence-corrected chi connectivity index (χ0v) is 22.8. The van der Waals surface area contributed by atoms with Gasteiger partial charge in [-0.2, -0.15) is 0 Å². The van der Waals surface area contributed by atoms with E-state index in [0.717, 1.165) is 34.1 Å². The zero-order valence-electron chi connectivity index (χ0n) is 22.0. The molecule has 0 N–H and O–H groups in total. The summed E-state index contributed by atoms with van der Waals surface area (Å²) in [4.78, 5) is 4.86. The van der Waals surface area contributed by atoms with Crippen molar-refractivity contribution < 1.29 is 9.47 Å². The smallest absolute Gasteiger partial charge is 0.260 e. The van der Waals surface area contributed by atoms with Crippen LogP contribution in [0.15, 0.2) is 143 Å². The summed E-state index contributed by atoms with van der Waals surface area (Å²) in [6.45, 7) is 0.0577. The molecule has 192 valence electrons. The maximum atomic E-state index is 6.43. The molecule has 3 aliphatic heterocycles. The summed E-state index contributed by atoms with van der Waals surface area (Å²) in [7, 11) is 0. The van der Waals surface area contributed by atoms with Crippen molar-refractivity contribution in [2.45, 2.75) is 9.79 Å². The molecule has 0 radical (unpaired) electrons. The van der Waals surface area contributed by atoms with Crippen molar-refractivity contribution in [1.29, 1.82) is 0 Å². The third-order valence-corrected chi connectivity index (χ3v) is 9.29. The summed E-state index contributed by atoms with van der Waals surface area (Å²) < 4.78 is 12.7. The van der Waals surface area contributed by atoms with E-state index in [1.54, 1.807) is 0 Å². The van der Waals surface area contributed by atoms with Gasteiger partial charge in [-0.25, -0.2) is 0 Å². The predicted molar refractivity (Wildman–Crippen MR) is 168 cm³/mol. The van der Waals surface area contributed by atoms with Crippen molar-refractivity contribution in [3.8, 4) is 34.1 Å². The van der Waals surface area contributed by atoms with Crippen molar-refractivity contribution in [2.75, 3.05) is 4.90 Å². The maximum absolute atomic E-state index is 6.43. The zero-order chi connectivity index (χ0) is 26.9. The molecule has 5 heteroatoms. The van der Waals surface area contributed by atoms with Crippen LogP contribution in [0, 0.1) is 0 Å². The number of ether oxygens (including phenoxy) is 2. The molecule has 3 heterocycles. The van der Waals surface area contributed by atoms with Crippen LogP contribution in [0.1, 0.15) is 0 Å². The molecule has 0 aromatic heterocycles. The van der Waals surface area contributed by atoms with Crippen LogP contribution in [0.2, 0.25) is 0 Å². The Morgan fingerprint density at radius 1 is 0.488 bits per heavy atom. The van der Waals surface area contributed by atoms with Crippen molar-refractivity contribution in [2.24, 2.45) is 0 Å². The summed E-state index contributed by atoms with van der Waals surface area (Å²) in [5.41, 5.74) is 9.37. The van der Waals surface area contributed by atoms with E-state index in [9.17, 15) is 0 Å². The number of benzene rings is 6. The maximum Gasteiger partial charge on any atom is 0.260 e. The second kappa shape index (κ2) is 8.82. The van der Waals surface area contributed by atoms with Crippen molar-refractivity contribution in [3.63, 3.8) is 0 Å². The summed E-state index contributed by atoms with van der Waals surface area (Å²) in [6, 6.07) is 47.1. The highest BCUT2D eigenvalue weighted by atomic mass is 32.2. The van der Waals surface area contributed by atoms with E-state index in [4.69, 9.17) is 9.47 Å². The van der Waals surface area contributed by atoms with Gasteiger partial charge in [-0.1, -0.05) is 84.6 Å². The molecular weight excluding hydrogens is 521 g/mol. The minimum absolute atomic E-state index is 0.0577. The van der Waals surface area contributed by atoms with Crippen molar-refractivity contribution in [3.05, 3.63) is 133 Å². The van der Waals surface area contributed by atoms with Crippen LogP contribution in [0.4, 0.5) is 17.1 Å². The van der Waals surface area contributed by atoms with Crippen LogP contribution < -0.4 is 30.8 Å². The standard InChI is InChI=1S/C36H22BNO2S/c1-2-9-25(10-3-1)38-28-12-5-7-16-34(28)41-35-22-24(17-19-29(35)38)23-18-20-31-27(21-23)37-26-11-4-6-13-30(26)39-32-14-8-15-33(40-31)36(32)37/h1-22H. The van der Waals surface area contributed by atoms with E-state index in [2.05, 4.69) is 114 Å². The summed E-state index contributed by atoms with van der Waals surface area (Å²) in [5, 5.41) is 0. The molecule has 0 spiro atoms. The molecule has 6 aromatic carbocycles. The Hall–Kier alpha value is -4.87. The first kappa shape index (κ1) is 22.9. The van der Waals surface area contributed by atoms with Gasteiger partial charge in [0.25, 0.3) is 6.71 Å². The first-order valence-electron chi connectivity index (χ1n) is 13.8. The lowest BCUT2D eigenvalue weighted by Crippen LogP contribution is -2.57. The van der Waals surface area contributed by atoms with Gasteiger partial charge in [0.2, 0.25) is 0 Å². The van der Waals surface area contributed by atoms with Gasteiger partial charge >= 0.3 is 0 Å². The number of fused-ring (bicyclic) bond motifs is 6. The van der Waals surface area contributed by atoms with Crippen LogP contribution in [-0.4, -0.2) is 6.71 Å². The fraction of sp³-hybridized carbons (Fsp3) is 0. The summed E-state index contributed by atoms with van der Waals surface area (Å²) in [5.74, 6) is 3.54. The average Bonchev–Trinajstić information content (AvgIpc) is 3.03. The third kappa shape index (κ3) is 3.49. The first-order chi connectivity index (χ1) is 20.3. The number of nitrogens with zero attached hydrogens (tertiary/aromatic N) is 1. The number of rotatable bonds is 2. The Bertz CT molecular complexity index is 1990. The fourth-order valence-corrected chi connectivity index (χ4v) is 7.45. The molecule has 41 heavy (non-hydrogen) atoms. The molecule has 9 rings (SSSR count). The Morgan fingerprint density at radius 3 is 2.02 bits per heavy atom. The molecule has 0 aliphatic carbocycles. The van der Waals surface area contributed by atoms with Crippen LogP contribution in [-0.2, 0) is 0 Å². The molecule has 0 amide bonds. The summed E-state index contributed by atoms with van der Waals surface area (Å²) in [6.07, 6.45) is 0. The van der Waals surface area contributed by atoms with Gasteiger partial charge in [0.15, 0.2) is 0 Å². The van der Waals surface area contributed by atoms with Gasteiger partial charge in [0, 0.05) is 20.9 Å². The van der Waals surface area contributed by atoms with Crippen molar-refractivity contribution >= 4 is 51.9 Å². The lowest BCUT2D eigenvalue weighted by atomic mass is 9.35. The lowest BCUT2D eigenvalue weighted by Gasteiger charge is -2.33. The molecule has 3 aliphatic rings. The predicted octanol–water partition coefficient (Wildman–Crippen LogP) is 8.02. The largest absolute Gasteiger partial charge is 0.458 e. The van der Waals surface area contributed by atoms with E-state index in [-0.39, 0.29) is 6.71 Å². The van der Waals surface area contributed by atoms with Crippen LogP contribution in [0.3, 0.4) is 0 Å². The van der Waals surface area contributed by atoms with Crippen LogP contribution >= 0.6 is 11.8 Å². The molecule has 0 unspecified atom stereocenters. The van der Waals surface area contributed by atoms with Crippen molar-refractivity contribution in [1.82, 2.24) is 0 Å². The number of hydrogen-bond donors (Lipinski definition) is 0. The number of para-hydroxylation sites is 3. The minimum Gasteiger partial charge on any atom is -0.458 e. The molecule has 0 saturated heterocycles. The SMILES string of the molecule is c1ccc(N2c3ccccc3Sc3cc(-c4ccc5c(c4)B4c6ccccc6Oc6cccc(c64)O5)ccc32)cc1. The van der Waals surface area contributed by atoms with Gasteiger partial charge in [0.1, 0.15) is 23.0 Å². The van der Waals surface area contributed by atoms with E-state index in [0.29, 0.717) is 0 Å². The van der Waals surface area contributed by atoms with E-state index >= 15 is 0 Å². The average molecular weight is 543 g/mol. The Labute approximate surface area is 243 Å². The van der Waals surface area contributed by atoms with Gasteiger partial charge in [0.05, 0.1) is 11.4 Å². The summed E-state index contributed by atoms with van der Waals surface area (Å²) >= 11 is 1.83. The van der Waals surface area contributed by atoms with Crippen LogP contribution in [0.25, 0.3) is 11.1 Å². The van der Waals surface area contributed by atoms with Gasteiger partial charge in [-0.3, -0.25) is 0 Å². The van der Waals surface area contributed by atoms with Gasteiger partial charge in [-0.15, -0.1) is 0 Å². The Balaban J connectivity index is 1.18. The fourth-order valence-electron chi connectivity index (χ4n) is 6.35. The van der Waals surface area contributed by atoms with E-state index < -0.39 is 0 Å². The highest BCUT2D eigenvalue weighted by Gasteiger charge is 2.40. The molecule has 3 nitrogen and oxygen atoms in total. The highest BCUT2D eigenvalue weighted by Crippen LogP contribution is 2.52. The highest BCUT2D eigenvalue weighted by molar-refractivity contribution is 7.99. The molecule has 0 atom stereocenters. The van der Waals surface area contributed by atoms with E-state index in [1.165, 1.54) is 43.2 Å². The molecule has 6 aromatic rings. The Morgan fingerprint density at radius 2 is 1.15 bits per heavy atom. The Kier molecular flexibility index (Phi) is 4.93. The normalized spacial score (nSPS) is 13.6. The molecule has 0 fully saturated rings. The quantitative estimate of drug-likeness (QED) is 0.206. The monoisotopic (exact) mass is 543 g/mol. The topological polar surface area (TPSA) is 21.7 Å². The number of hydrogen-bond acceptors (Lipinski definition) is 4. The molecule has 0 saturated carbocycles. The third-order valence-electron chi connectivity index (χ3n) is 8.18. The molecular formula is C36H22BNO2S. The first-order valence-corrected chi connectivity index (χ1v) is 14.6. The number of anilines is 3.